The molecule has 2 rings (SSSR count). The number of anilines is 2. The topological polar surface area (TPSA) is 63.4 Å². The molecule has 1 unspecified atom stereocenters. The van der Waals surface area contributed by atoms with Crippen LogP contribution < -0.4 is 10.6 Å². The molecule has 0 amide bonds. The summed E-state index contributed by atoms with van der Waals surface area (Å²) in [5, 5.41) is 0. The molecule has 0 radical (unpaired) electrons. The Morgan fingerprint density at radius 1 is 1.42 bits per heavy atom. The van der Waals surface area contributed by atoms with E-state index in [1.165, 1.54) is 12.8 Å². The summed E-state index contributed by atoms with van der Waals surface area (Å²) in [5.74, 6) is 0.756. The van der Waals surface area contributed by atoms with Gasteiger partial charge in [-0.15, -0.1) is 0 Å². The lowest BCUT2D eigenvalue weighted by atomic mass is 10.00. The minimum atomic E-state index is -3.23. The summed E-state index contributed by atoms with van der Waals surface area (Å²) in [5.41, 5.74) is 7.30. The van der Waals surface area contributed by atoms with Gasteiger partial charge in [-0.2, -0.15) is 0 Å². The molecule has 0 saturated carbocycles. The van der Waals surface area contributed by atoms with Gasteiger partial charge in [0.15, 0.2) is 9.84 Å². The average molecular weight is 282 g/mol. The van der Waals surface area contributed by atoms with Crippen LogP contribution >= 0.6 is 0 Å². The second-order valence-corrected chi connectivity index (χ2v) is 7.57. The van der Waals surface area contributed by atoms with E-state index in [0.29, 0.717) is 11.6 Å². The maximum absolute atomic E-state index is 11.9. The molecule has 1 atom stereocenters. The molecule has 1 aromatic rings. The molecular weight excluding hydrogens is 260 g/mol. The number of hydrogen-bond acceptors (Lipinski definition) is 4. The zero-order chi connectivity index (χ0) is 14.0. The lowest BCUT2D eigenvalue weighted by Gasteiger charge is -2.33. The van der Waals surface area contributed by atoms with Gasteiger partial charge in [0, 0.05) is 18.8 Å². The van der Waals surface area contributed by atoms with Gasteiger partial charge in [-0.05, 0) is 37.0 Å². The number of nitrogens with zero attached hydrogens (tertiary/aromatic N) is 1. The molecule has 0 bridgehead atoms. The van der Waals surface area contributed by atoms with Crippen LogP contribution in [-0.4, -0.2) is 27.3 Å². The van der Waals surface area contributed by atoms with Crippen LogP contribution in [0.4, 0.5) is 11.4 Å². The predicted octanol–water partition coefficient (Wildman–Crippen LogP) is 2.30. The number of piperidine rings is 1. The molecule has 4 nitrogen and oxygen atoms in total. The monoisotopic (exact) mass is 282 g/mol. The van der Waals surface area contributed by atoms with Crippen molar-refractivity contribution >= 4 is 21.2 Å². The van der Waals surface area contributed by atoms with E-state index in [9.17, 15) is 8.42 Å². The number of rotatable bonds is 3. The molecule has 19 heavy (non-hydrogen) atoms. The lowest BCUT2D eigenvalue weighted by molar-refractivity contribution is 0.447. The van der Waals surface area contributed by atoms with Crippen LogP contribution in [0.3, 0.4) is 0 Å². The predicted molar refractivity (Wildman–Crippen MR) is 79.2 cm³/mol. The fourth-order valence-corrected chi connectivity index (χ4v) is 3.60. The van der Waals surface area contributed by atoms with Crippen LogP contribution in [0.25, 0.3) is 0 Å². The van der Waals surface area contributed by atoms with Crippen LogP contribution in [0.1, 0.15) is 26.7 Å². The quantitative estimate of drug-likeness (QED) is 0.864. The third kappa shape index (κ3) is 3.03. The Kier molecular flexibility index (Phi) is 4.04. The number of nitrogens with two attached hydrogens (primary N) is 1. The van der Waals surface area contributed by atoms with Crippen molar-refractivity contribution in [3.63, 3.8) is 0 Å². The van der Waals surface area contributed by atoms with Crippen LogP contribution in [0.15, 0.2) is 23.1 Å². The molecule has 2 N–H and O–H groups in total. The molecule has 0 aliphatic carbocycles. The molecular formula is C14H22N2O2S. The lowest BCUT2D eigenvalue weighted by Crippen LogP contribution is -2.34. The third-order valence-electron chi connectivity index (χ3n) is 3.73. The first-order chi connectivity index (χ1) is 8.94. The number of benzene rings is 1. The Balaban J connectivity index is 2.29. The SMILES string of the molecule is CCS(=O)(=O)c1ccc(N2CCCC(C)C2)cc1N. The fourth-order valence-electron chi connectivity index (χ4n) is 2.60. The van der Waals surface area contributed by atoms with Crippen LogP contribution in [0, 0.1) is 5.92 Å². The van der Waals surface area contributed by atoms with E-state index in [1.54, 1.807) is 19.1 Å². The number of sulfone groups is 1. The van der Waals surface area contributed by atoms with Gasteiger partial charge in [0.2, 0.25) is 0 Å². The molecule has 1 aromatic carbocycles. The molecule has 0 aromatic heterocycles. The summed E-state index contributed by atoms with van der Waals surface area (Å²) >= 11 is 0. The summed E-state index contributed by atoms with van der Waals surface area (Å²) in [7, 11) is -3.23. The maximum Gasteiger partial charge on any atom is 0.180 e. The van der Waals surface area contributed by atoms with Crippen molar-refractivity contribution in [3.8, 4) is 0 Å². The first-order valence-corrected chi connectivity index (χ1v) is 8.46. The second-order valence-electron chi connectivity index (χ2n) is 5.32. The smallest absolute Gasteiger partial charge is 0.180 e. The van der Waals surface area contributed by atoms with Crippen LogP contribution in [0.5, 0.6) is 0 Å². The number of hydrogen-bond donors (Lipinski definition) is 1. The summed E-state index contributed by atoms with van der Waals surface area (Å²) in [6, 6.07) is 5.31. The first-order valence-electron chi connectivity index (χ1n) is 6.81. The van der Waals surface area contributed by atoms with E-state index in [0.717, 1.165) is 18.8 Å². The van der Waals surface area contributed by atoms with E-state index in [-0.39, 0.29) is 10.6 Å². The Hall–Kier alpha value is -1.23. The Bertz CT molecular complexity index is 555. The summed E-state index contributed by atoms with van der Waals surface area (Å²) in [6.45, 7) is 5.91. The number of nitrogen functional groups attached to an aromatic ring is 1. The van der Waals surface area contributed by atoms with Gasteiger partial charge in [-0.1, -0.05) is 13.8 Å². The van der Waals surface area contributed by atoms with Gasteiger partial charge in [0.1, 0.15) is 0 Å². The second kappa shape index (κ2) is 5.41. The highest BCUT2D eigenvalue weighted by Gasteiger charge is 2.19. The maximum atomic E-state index is 11.9. The minimum Gasteiger partial charge on any atom is -0.398 e. The van der Waals surface area contributed by atoms with Gasteiger partial charge in [0.25, 0.3) is 0 Å². The molecule has 1 heterocycles. The Labute approximate surface area is 115 Å². The molecule has 1 fully saturated rings. The van der Waals surface area contributed by atoms with Gasteiger partial charge >= 0.3 is 0 Å². The average Bonchev–Trinajstić information content (AvgIpc) is 2.38. The van der Waals surface area contributed by atoms with E-state index in [4.69, 9.17) is 5.73 Å². The summed E-state index contributed by atoms with van der Waals surface area (Å²) < 4.78 is 23.7. The van der Waals surface area contributed by atoms with Crippen molar-refractivity contribution in [2.45, 2.75) is 31.6 Å². The van der Waals surface area contributed by atoms with Gasteiger partial charge in [-0.3, -0.25) is 0 Å². The fraction of sp³-hybridized carbons (Fsp3) is 0.571. The van der Waals surface area contributed by atoms with E-state index in [2.05, 4.69) is 11.8 Å². The molecule has 0 spiro atoms. The molecule has 1 aliphatic rings. The highest BCUT2D eigenvalue weighted by Crippen LogP contribution is 2.28. The van der Waals surface area contributed by atoms with Crippen molar-refractivity contribution < 1.29 is 8.42 Å². The van der Waals surface area contributed by atoms with E-state index >= 15 is 0 Å². The standard InChI is InChI=1S/C14H22N2O2S/c1-3-19(17,18)14-7-6-12(9-13(14)15)16-8-4-5-11(2)10-16/h6-7,9,11H,3-5,8,10,15H2,1-2H3. The first kappa shape index (κ1) is 14.2. The van der Waals surface area contributed by atoms with E-state index < -0.39 is 9.84 Å². The van der Waals surface area contributed by atoms with Crippen LogP contribution in [0.2, 0.25) is 0 Å². The highest BCUT2D eigenvalue weighted by atomic mass is 32.2. The van der Waals surface area contributed by atoms with Crippen molar-refractivity contribution in [1.29, 1.82) is 0 Å². The molecule has 1 aliphatic heterocycles. The molecule has 5 heteroatoms. The van der Waals surface area contributed by atoms with Crippen molar-refractivity contribution in [2.24, 2.45) is 5.92 Å². The molecule has 106 valence electrons. The Morgan fingerprint density at radius 2 is 2.16 bits per heavy atom. The highest BCUT2D eigenvalue weighted by molar-refractivity contribution is 7.91. The van der Waals surface area contributed by atoms with Gasteiger partial charge in [0.05, 0.1) is 16.3 Å². The van der Waals surface area contributed by atoms with Crippen LogP contribution in [-0.2, 0) is 9.84 Å². The van der Waals surface area contributed by atoms with Crippen molar-refractivity contribution in [1.82, 2.24) is 0 Å². The summed E-state index contributed by atoms with van der Waals surface area (Å²) in [4.78, 5) is 2.54. The molecule has 1 saturated heterocycles. The zero-order valence-electron chi connectivity index (χ0n) is 11.6. The van der Waals surface area contributed by atoms with Gasteiger partial charge in [-0.25, -0.2) is 8.42 Å². The normalized spacial score (nSPS) is 20.5. The van der Waals surface area contributed by atoms with Crippen molar-refractivity contribution in [2.75, 3.05) is 29.5 Å². The van der Waals surface area contributed by atoms with Gasteiger partial charge < -0.3 is 10.6 Å². The zero-order valence-corrected chi connectivity index (χ0v) is 12.4. The summed E-state index contributed by atoms with van der Waals surface area (Å²) in [6.07, 6.45) is 2.43. The minimum absolute atomic E-state index is 0.0806. The van der Waals surface area contributed by atoms with E-state index in [1.807, 2.05) is 6.07 Å². The van der Waals surface area contributed by atoms with Crippen molar-refractivity contribution in [3.05, 3.63) is 18.2 Å². The largest absolute Gasteiger partial charge is 0.398 e. The Morgan fingerprint density at radius 3 is 2.74 bits per heavy atom. The third-order valence-corrected chi connectivity index (χ3v) is 5.53.